The Morgan fingerprint density at radius 1 is 2.00 bits per heavy atom. The van der Waals surface area contributed by atoms with Gasteiger partial charge in [-0.25, -0.2) is 0 Å². The summed E-state index contributed by atoms with van der Waals surface area (Å²) in [5.74, 6) is -0.498. The molecule has 2 atom stereocenters. The lowest BCUT2D eigenvalue weighted by Crippen LogP contribution is -2.11. The van der Waals surface area contributed by atoms with Crippen LogP contribution in [0.25, 0.3) is 0 Å². The fraction of sp³-hybridized carbons (Fsp3) is 0.571. The lowest BCUT2D eigenvalue weighted by molar-refractivity contribution is -0.143. The predicted molar refractivity (Wildman–Crippen MR) is 34.0 cm³/mol. The molecule has 0 heterocycles. The first kappa shape index (κ1) is 6.33. The van der Waals surface area contributed by atoms with Gasteiger partial charge in [-0.3, -0.25) is 4.79 Å². The van der Waals surface area contributed by atoms with Gasteiger partial charge in [0.1, 0.15) is 0 Å². The number of allylic oxidation sites excluding steroid dienone is 1. The molecule has 1 aliphatic carbocycles. The smallest absolute Gasteiger partial charge is 0.309 e. The van der Waals surface area contributed by atoms with Gasteiger partial charge in [-0.1, -0.05) is 6.08 Å². The summed E-state index contributed by atoms with van der Waals surface area (Å²) in [7, 11) is 0. The number of hydrogen-bond donors (Lipinski definition) is 1. The van der Waals surface area contributed by atoms with Crippen molar-refractivity contribution in [1.29, 1.82) is 0 Å². The average Bonchev–Trinajstić information content (AvgIpc) is 2.44. The molecule has 9 heavy (non-hydrogen) atoms. The lowest BCUT2D eigenvalue weighted by atomic mass is 10.1. The molecule has 2 heteroatoms. The maximum Gasteiger partial charge on any atom is 0.309 e. The van der Waals surface area contributed by atoms with Gasteiger partial charge in [0.25, 0.3) is 0 Å². The van der Waals surface area contributed by atoms with Crippen LogP contribution in [0.5, 0.6) is 0 Å². The zero-order valence-corrected chi connectivity index (χ0v) is 5.42. The van der Waals surface area contributed by atoms with Crippen LogP contribution in [0, 0.1) is 11.3 Å². The third-order valence-electron chi connectivity index (χ3n) is 2.08. The van der Waals surface area contributed by atoms with Gasteiger partial charge in [-0.05, 0) is 19.3 Å². The highest BCUT2D eigenvalue weighted by Crippen LogP contribution is 2.52. The molecule has 2 nitrogen and oxygen atoms in total. The second-order valence-electron chi connectivity index (χ2n) is 2.77. The molecule has 1 aliphatic rings. The summed E-state index contributed by atoms with van der Waals surface area (Å²) in [5.41, 5.74) is -0.484. The molecule has 1 saturated carbocycles. The van der Waals surface area contributed by atoms with Crippen molar-refractivity contribution in [2.75, 3.05) is 0 Å². The van der Waals surface area contributed by atoms with Gasteiger partial charge in [0.05, 0.1) is 5.41 Å². The Morgan fingerprint density at radius 2 is 2.56 bits per heavy atom. The summed E-state index contributed by atoms with van der Waals surface area (Å²) >= 11 is 0. The highest BCUT2D eigenvalue weighted by atomic mass is 16.4. The molecule has 50 valence electrons. The van der Waals surface area contributed by atoms with Gasteiger partial charge >= 0.3 is 5.97 Å². The van der Waals surface area contributed by atoms with Crippen LogP contribution in [0.4, 0.5) is 0 Å². The molecule has 0 spiro atoms. The molecule has 0 amide bonds. The Kier molecular flexibility index (Phi) is 1.12. The van der Waals surface area contributed by atoms with E-state index in [1.807, 2.05) is 0 Å². The van der Waals surface area contributed by atoms with Gasteiger partial charge in [0, 0.05) is 0 Å². The molecule has 1 rings (SSSR count). The first-order chi connectivity index (χ1) is 4.11. The quantitative estimate of drug-likeness (QED) is 0.566. The Labute approximate surface area is 54.2 Å². The molecule has 1 N–H and O–H groups in total. The van der Waals surface area contributed by atoms with E-state index in [-0.39, 0.29) is 5.92 Å². The molecule has 0 saturated heterocycles. The minimum atomic E-state index is -0.701. The van der Waals surface area contributed by atoms with E-state index in [1.54, 1.807) is 13.0 Å². The number of carbonyl (C=O) groups is 1. The Balaban J connectivity index is 2.62. The Bertz CT molecular complexity index is 162. The van der Waals surface area contributed by atoms with Crippen molar-refractivity contribution in [2.24, 2.45) is 11.3 Å². The van der Waals surface area contributed by atoms with Gasteiger partial charge < -0.3 is 5.11 Å². The van der Waals surface area contributed by atoms with E-state index >= 15 is 0 Å². The number of carboxylic acids is 1. The van der Waals surface area contributed by atoms with Crippen LogP contribution in [0.2, 0.25) is 0 Å². The molecule has 0 radical (unpaired) electrons. The molecule has 0 aliphatic heterocycles. The number of aliphatic carboxylic acids is 1. The molecular formula is C7H10O2. The van der Waals surface area contributed by atoms with E-state index in [2.05, 4.69) is 6.58 Å². The van der Waals surface area contributed by atoms with Crippen LogP contribution in [-0.4, -0.2) is 11.1 Å². The van der Waals surface area contributed by atoms with E-state index in [1.165, 1.54) is 0 Å². The van der Waals surface area contributed by atoms with Gasteiger partial charge in [0.15, 0.2) is 0 Å². The predicted octanol–water partition coefficient (Wildman–Crippen LogP) is 1.28. The number of rotatable bonds is 2. The minimum absolute atomic E-state index is 0.204. The van der Waals surface area contributed by atoms with Crippen LogP contribution in [0.15, 0.2) is 12.7 Å². The normalized spacial score (nSPS) is 39.9. The molecule has 0 unspecified atom stereocenters. The third-order valence-corrected chi connectivity index (χ3v) is 2.08. The Morgan fingerprint density at radius 3 is 2.67 bits per heavy atom. The molecule has 0 bridgehead atoms. The van der Waals surface area contributed by atoms with Crippen molar-refractivity contribution in [1.82, 2.24) is 0 Å². The zero-order valence-electron chi connectivity index (χ0n) is 5.42. The van der Waals surface area contributed by atoms with Crippen molar-refractivity contribution in [2.45, 2.75) is 13.3 Å². The van der Waals surface area contributed by atoms with Crippen LogP contribution in [-0.2, 0) is 4.79 Å². The largest absolute Gasteiger partial charge is 0.481 e. The molecular weight excluding hydrogens is 116 g/mol. The molecule has 0 aromatic heterocycles. The highest BCUT2D eigenvalue weighted by molar-refractivity contribution is 5.78. The molecule has 0 aromatic carbocycles. The van der Waals surface area contributed by atoms with Crippen molar-refractivity contribution in [3.8, 4) is 0 Å². The van der Waals surface area contributed by atoms with Crippen LogP contribution >= 0.6 is 0 Å². The van der Waals surface area contributed by atoms with E-state index < -0.39 is 11.4 Å². The van der Waals surface area contributed by atoms with Crippen molar-refractivity contribution in [3.05, 3.63) is 12.7 Å². The highest BCUT2D eigenvalue weighted by Gasteiger charge is 2.54. The average molecular weight is 126 g/mol. The van der Waals surface area contributed by atoms with Gasteiger partial charge in [0.2, 0.25) is 0 Å². The molecule has 0 aromatic rings. The summed E-state index contributed by atoms with van der Waals surface area (Å²) in [4.78, 5) is 10.4. The monoisotopic (exact) mass is 126 g/mol. The van der Waals surface area contributed by atoms with E-state index in [0.29, 0.717) is 0 Å². The van der Waals surface area contributed by atoms with Crippen molar-refractivity contribution < 1.29 is 9.90 Å². The first-order valence-electron chi connectivity index (χ1n) is 2.97. The van der Waals surface area contributed by atoms with E-state index in [9.17, 15) is 4.79 Å². The number of carboxylic acid groups (broad SMARTS) is 1. The van der Waals surface area contributed by atoms with E-state index in [0.717, 1.165) is 6.42 Å². The fourth-order valence-electron chi connectivity index (χ4n) is 0.987. The lowest BCUT2D eigenvalue weighted by Gasteiger charge is -1.98. The van der Waals surface area contributed by atoms with Gasteiger partial charge in [-0.2, -0.15) is 0 Å². The minimum Gasteiger partial charge on any atom is -0.481 e. The van der Waals surface area contributed by atoms with Gasteiger partial charge in [-0.15, -0.1) is 6.58 Å². The molecule has 1 fully saturated rings. The van der Waals surface area contributed by atoms with Crippen LogP contribution < -0.4 is 0 Å². The third kappa shape index (κ3) is 0.745. The van der Waals surface area contributed by atoms with E-state index in [4.69, 9.17) is 5.11 Å². The summed E-state index contributed by atoms with van der Waals surface area (Å²) in [6.45, 7) is 5.29. The number of hydrogen-bond acceptors (Lipinski definition) is 1. The zero-order chi connectivity index (χ0) is 7.07. The van der Waals surface area contributed by atoms with Crippen molar-refractivity contribution in [3.63, 3.8) is 0 Å². The second-order valence-corrected chi connectivity index (χ2v) is 2.77. The summed E-state index contributed by atoms with van der Waals surface area (Å²) in [6.07, 6.45) is 2.47. The fourth-order valence-corrected chi connectivity index (χ4v) is 0.987. The summed E-state index contributed by atoms with van der Waals surface area (Å²) in [6, 6.07) is 0. The standard InChI is InChI=1S/C7H10O2/c1-3-5-4-7(5,2)6(8)9/h3,5H,1,4H2,2H3,(H,8,9)/t5-,7+/m1/s1. The first-order valence-corrected chi connectivity index (χ1v) is 2.97. The second kappa shape index (κ2) is 1.59. The maximum absolute atomic E-state index is 10.4. The van der Waals surface area contributed by atoms with Crippen molar-refractivity contribution >= 4 is 5.97 Å². The van der Waals surface area contributed by atoms with Crippen LogP contribution in [0.3, 0.4) is 0 Å². The summed E-state index contributed by atoms with van der Waals surface area (Å²) in [5, 5.41) is 8.57. The topological polar surface area (TPSA) is 37.3 Å². The van der Waals surface area contributed by atoms with Crippen LogP contribution in [0.1, 0.15) is 13.3 Å². The maximum atomic E-state index is 10.4. The Hall–Kier alpha value is -0.790. The SMILES string of the molecule is C=C[C@@H]1C[C@]1(C)C(=O)O. The summed E-state index contributed by atoms with van der Waals surface area (Å²) < 4.78 is 0.